The van der Waals surface area contributed by atoms with Gasteiger partial charge in [0.05, 0.1) is 30.2 Å². The van der Waals surface area contributed by atoms with Crippen molar-refractivity contribution in [2.24, 2.45) is 5.14 Å². The lowest BCUT2D eigenvalue weighted by Crippen LogP contribution is -2.49. The largest absolute Gasteiger partial charge is 0.379 e. The number of nitrogens with zero attached hydrogens (tertiary/aromatic N) is 3. The number of carbonyl (C=O) groups is 3. The second-order valence-electron chi connectivity index (χ2n) is 8.29. The van der Waals surface area contributed by atoms with E-state index >= 15 is 0 Å². The van der Waals surface area contributed by atoms with Gasteiger partial charge in [0.1, 0.15) is 11.9 Å². The standard InChI is InChI=1S/C23H25FN4O6S/c24-17-3-1-16(2-4-17)22(30)27(10-9-26-11-13-34-14-12-26)20-15-21(29)28(23(20)31)18-5-7-19(8-6-18)35(25,32)33/h1-8,20H,9-15H2,(H2,25,32,33). The van der Waals surface area contributed by atoms with E-state index in [1.807, 2.05) is 0 Å². The van der Waals surface area contributed by atoms with Crippen molar-refractivity contribution >= 4 is 33.4 Å². The van der Waals surface area contributed by atoms with Gasteiger partial charge in [0.2, 0.25) is 15.9 Å². The van der Waals surface area contributed by atoms with Crippen molar-refractivity contribution in [3.05, 3.63) is 59.9 Å². The number of morpholine rings is 1. The Hall–Kier alpha value is -3.19. The minimum Gasteiger partial charge on any atom is -0.379 e. The summed E-state index contributed by atoms with van der Waals surface area (Å²) in [6.07, 6.45) is -0.230. The predicted octanol–water partition coefficient (Wildman–Crippen LogP) is 0.580. The van der Waals surface area contributed by atoms with Gasteiger partial charge in [-0.1, -0.05) is 0 Å². The number of anilines is 1. The second kappa shape index (κ2) is 10.2. The topological polar surface area (TPSA) is 130 Å². The molecule has 3 amide bonds. The van der Waals surface area contributed by atoms with Gasteiger partial charge in [-0.15, -0.1) is 0 Å². The Bertz CT molecular complexity index is 1210. The van der Waals surface area contributed by atoms with E-state index in [0.29, 0.717) is 32.8 Å². The van der Waals surface area contributed by atoms with Crippen LogP contribution in [0.25, 0.3) is 0 Å². The van der Waals surface area contributed by atoms with Crippen LogP contribution in [0.2, 0.25) is 0 Å². The molecular weight excluding hydrogens is 479 g/mol. The van der Waals surface area contributed by atoms with Gasteiger partial charge < -0.3 is 9.64 Å². The molecular formula is C23H25FN4O6S. The van der Waals surface area contributed by atoms with Gasteiger partial charge in [0.25, 0.3) is 11.8 Å². The van der Waals surface area contributed by atoms with Crippen LogP contribution in [-0.4, -0.2) is 81.4 Å². The summed E-state index contributed by atoms with van der Waals surface area (Å²) < 4.78 is 41.8. The molecule has 10 nitrogen and oxygen atoms in total. The van der Waals surface area contributed by atoms with Gasteiger partial charge in [-0.05, 0) is 48.5 Å². The Morgan fingerprint density at radius 3 is 2.29 bits per heavy atom. The van der Waals surface area contributed by atoms with E-state index in [4.69, 9.17) is 9.88 Å². The van der Waals surface area contributed by atoms with E-state index in [1.54, 1.807) is 0 Å². The molecule has 2 heterocycles. The summed E-state index contributed by atoms with van der Waals surface area (Å²) in [5.74, 6) is -2.11. The summed E-state index contributed by atoms with van der Waals surface area (Å²) in [6, 6.07) is 8.99. The zero-order valence-electron chi connectivity index (χ0n) is 18.8. The summed E-state index contributed by atoms with van der Waals surface area (Å²) in [4.78, 5) is 43.8. The van der Waals surface area contributed by atoms with Gasteiger partial charge in [0, 0.05) is 31.7 Å². The van der Waals surface area contributed by atoms with Crippen LogP contribution in [0, 0.1) is 5.82 Å². The van der Waals surface area contributed by atoms with Gasteiger partial charge in [-0.3, -0.25) is 19.3 Å². The van der Waals surface area contributed by atoms with Crippen molar-refractivity contribution in [2.45, 2.75) is 17.4 Å². The van der Waals surface area contributed by atoms with Crippen LogP contribution in [0.1, 0.15) is 16.8 Å². The van der Waals surface area contributed by atoms with Crippen molar-refractivity contribution in [1.29, 1.82) is 0 Å². The molecule has 2 saturated heterocycles. The van der Waals surface area contributed by atoms with Crippen LogP contribution in [0.15, 0.2) is 53.4 Å². The number of imide groups is 1. The van der Waals surface area contributed by atoms with Crippen molar-refractivity contribution in [1.82, 2.24) is 9.80 Å². The maximum absolute atomic E-state index is 13.4. The minimum atomic E-state index is -3.94. The maximum atomic E-state index is 13.4. The first-order valence-corrected chi connectivity index (χ1v) is 12.6. The third-order valence-corrected chi connectivity index (χ3v) is 6.96. The molecule has 4 rings (SSSR count). The molecule has 2 aliphatic heterocycles. The van der Waals surface area contributed by atoms with E-state index in [2.05, 4.69) is 4.90 Å². The first kappa shape index (κ1) is 24.9. The predicted molar refractivity (Wildman–Crippen MR) is 123 cm³/mol. The SMILES string of the molecule is NS(=O)(=O)c1ccc(N2C(=O)CC(N(CCN3CCOCC3)C(=O)c3ccc(F)cc3)C2=O)cc1. The van der Waals surface area contributed by atoms with E-state index in [1.165, 1.54) is 41.3 Å². The molecule has 0 aliphatic carbocycles. The molecule has 186 valence electrons. The zero-order valence-corrected chi connectivity index (χ0v) is 19.6. The lowest BCUT2D eigenvalue weighted by molar-refractivity contribution is -0.122. The van der Waals surface area contributed by atoms with Crippen LogP contribution in [0.5, 0.6) is 0 Å². The smallest absolute Gasteiger partial charge is 0.257 e. The monoisotopic (exact) mass is 504 g/mol. The summed E-state index contributed by atoms with van der Waals surface area (Å²) in [7, 11) is -3.94. The lowest BCUT2D eigenvalue weighted by Gasteiger charge is -2.32. The highest BCUT2D eigenvalue weighted by Gasteiger charge is 2.44. The van der Waals surface area contributed by atoms with Crippen LogP contribution in [0.4, 0.5) is 10.1 Å². The van der Waals surface area contributed by atoms with Gasteiger partial charge >= 0.3 is 0 Å². The normalized spacial score (nSPS) is 19.3. The van der Waals surface area contributed by atoms with Crippen LogP contribution in [0.3, 0.4) is 0 Å². The Morgan fingerprint density at radius 1 is 1.06 bits per heavy atom. The molecule has 0 spiro atoms. The molecule has 2 fully saturated rings. The number of hydrogen-bond donors (Lipinski definition) is 1. The number of primary sulfonamides is 1. The second-order valence-corrected chi connectivity index (χ2v) is 9.85. The molecule has 0 radical (unpaired) electrons. The summed E-state index contributed by atoms with van der Waals surface area (Å²) in [5.41, 5.74) is 0.377. The van der Waals surface area contributed by atoms with Crippen molar-refractivity contribution in [3.63, 3.8) is 0 Å². The average Bonchev–Trinajstić information content (AvgIpc) is 3.13. The summed E-state index contributed by atoms with van der Waals surface area (Å²) in [5, 5.41) is 5.11. The molecule has 0 saturated carbocycles. The Balaban J connectivity index is 1.59. The molecule has 1 unspecified atom stereocenters. The number of benzene rings is 2. The van der Waals surface area contributed by atoms with Crippen molar-refractivity contribution < 1.29 is 31.9 Å². The van der Waals surface area contributed by atoms with Crippen LogP contribution >= 0.6 is 0 Å². The van der Waals surface area contributed by atoms with E-state index in [-0.39, 0.29) is 29.1 Å². The number of hydrogen-bond acceptors (Lipinski definition) is 7. The number of amides is 3. The molecule has 0 aromatic heterocycles. The molecule has 12 heteroatoms. The number of halogens is 1. The molecule has 2 aromatic rings. The van der Waals surface area contributed by atoms with E-state index in [0.717, 1.165) is 17.0 Å². The average molecular weight is 505 g/mol. The first-order chi connectivity index (χ1) is 16.6. The molecule has 1 atom stereocenters. The number of rotatable bonds is 7. The van der Waals surface area contributed by atoms with Gasteiger partial charge in [-0.25, -0.2) is 22.8 Å². The van der Waals surface area contributed by atoms with E-state index in [9.17, 15) is 27.2 Å². The Kier molecular flexibility index (Phi) is 7.26. The highest BCUT2D eigenvalue weighted by molar-refractivity contribution is 7.89. The van der Waals surface area contributed by atoms with Gasteiger partial charge in [0.15, 0.2) is 0 Å². The molecule has 0 bridgehead atoms. The molecule has 2 aliphatic rings. The first-order valence-electron chi connectivity index (χ1n) is 11.0. The maximum Gasteiger partial charge on any atom is 0.257 e. The Morgan fingerprint density at radius 2 is 1.69 bits per heavy atom. The third kappa shape index (κ3) is 5.56. The highest BCUT2D eigenvalue weighted by atomic mass is 32.2. The third-order valence-electron chi connectivity index (χ3n) is 6.04. The number of nitrogens with two attached hydrogens (primary N) is 1. The fraction of sp³-hybridized carbons (Fsp3) is 0.348. The van der Waals surface area contributed by atoms with Gasteiger partial charge in [-0.2, -0.15) is 0 Å². The summed E-state index contributed by atoms with van der Waals surface area (Å²) in [6.45, 7) is 3.14. The molecule has 35 heavy (non-hydrogen) atoms. The molecule has 2 aromatic carbocycles. The Labute approximate surface area is 202 Å². The van der Waals surface area contributed by atoms with Crippen LogP contribution in [-0.2, 0) is 24.3 Å². The minimum absolute atomic E-state index is 0.157. The number of carbonyl (C=O) groups excluding carboxylic acids is 3. The number of sulfonamides is 1. The molecule has 2 N–H and O–H groups in total. The van der Waals surface area contributed by atoms with Crippen molar-refractivity contribution in [2.75, 3.05) is 44.3 Å². The highest BCUT2D eigenvalue weighted by Crippen LogP contribution is 2.27. The number of ether oxygens (including phenoxy) is 1. The van der Waals surface area contributed by atoms with E-state index < -0.39 is 39.6 Å². The fourth-order valence-corrected chi connectivity index (χ4v) is 4.66. The van der Waals surface area contributed by atoms with Crippen molar-refractivity contribution in [3.8, 4) is 0 Å². The lowest BCUT2D eigenvalue weighted by atomic mass is 10.1. The summed E-state index contributed by atoms with van der Waals surface area (Å²) >= 11 is 0. The quantitative estimate of drug-likeness (QED) is 0.546. The zero-order chi connectivity index (χ0) is 25.2. The van der Waals surface area contributed by atoms with Crippen LogP contribution < -0.4 is 10.0 Å². The fourth-order valence-electron chi connectivity index (χ4n) is 4.15.